The van der Waals surface area contributed by atoms with E-state index < -0.39 is 0 Å². The fourth-order valence-corrected chi connectivity index (χ4v) is 2.17. The molecule has 1 unspecified atom stereocenters. The number of aryl methyl sites for hydroxylation is 1. The maximum Gasteiger partial charge on any atom is 0.151 e. The number of hydrogen-bond acceptors (Lipinski definition) is 3. The number of nitrogens with two attached hydrogens (primary N) is 1. The van der Waals surface area contributed by atoms with Crippen molar-refractivity contribution in [3.05, 3.63) is 41.5 Å². The summed E-state index contributed by atoms with van der Waals surface area (Å²) in [5.41, 5.74) is 7.73. The largest absolute Gasteiger partial charge is 0.399 e. The third-order valence-corrected chi connectivity index (χ3v) is 3.66. The molecule has 0 spiro atoms. The van der Waals surface area contributed by atoms with Crippen LogP contribution in [0.3, 0.4) is 0 Å². The Hall–Kier alpha value is -1.84. The first kappa shape index (κ1) is 14.6. The highest BCUT2D eigenvalue weighted by atomic mass is 15.3. The van der Waals surface area contributed by atoms with Crippen LogP contribution in [0.4, 0.5) is 5.69 Å². The van der Waals surface area contributed by atoms with Crippen molar-refractivity contribution in [2.45, 2.75) is 46.6 Å². The summed E-state index contributed by atoms with van der Waals surface area (Å²) in [6.07, 6.45) is 2.92. The predicted octanol–water partition coefficient (Wildman–Crippen LogP) is 3.06. The van der Waals surface area contributed by atoms with Crippen molar-refractivity contribution in [3.63, 3.8) is 0 Å². The molecule has 0 saturated carbocycles. The van der Waals surface area contributed by atoms with Crippen LogP contribution in [-0.4, -0.2) is 14.8 Å². The van der Waals surface area contributed by atoms with Gasteiger partial charge in [-0.2, -0.15) is 5.10 Å². The second-order valence-corrected chi connectivity index (χ2v) is 5.40. The number of anilines is 1. The number of hydrogen-bond donors (Lipinski definition) is 1. The first-order chi connectivity index (χ1) is 9.62. The Labute approximate surface area is 121 Å². The zero-order valence-corrected chi connectivity index (χ0v) is 12.6. The Kier molecular flexibility index (Phi) is 4.77. The van der Waals surface area contributed by atoms with Crippen LogP contribution in [0.25, 0.3) is 0 Å². The fourth-order valence-electron chi connectivity index (χ4n) is 2.17. The Balaban J connectivity index is 2.15. The topological polar surface area (TPSA) is 56.7 Å². The summed E-state index contributed by atoms with van der Waals surface area (Å²) in [6, 6.07) is 7.97. The molecule has 108 valence electrons. The van der Waals surface area contributed by atoms with Crippen LogP contribution < -0.4 is 5.73 Å². The van der Waals surface area contributed by atoms with Crippen molar-refractivity contribution in [1.29, 1.82) is 0 Å². The average Bonchev–Trinajstić information content (AvgIpc) is 2.83. The number of rotatable bonds is 6. The summed E-state index contributed by atoms with van der Waals surface area (Å²) in [5, 5.41) is 4.61. The average molecular weight is 272 g/mol. The van der Waals surface area contributed by atoms with Gasteiger partial charge in [0.05, 0.1) is 0 Å². The van der Waals surface area contributed by atoms with E-state index in [4.69, 9.17) is 10.7 Å². The van der Waals surface area contributed by atoms with E-state index in [9.17, 15) is 0 Å². The minimum Gasteiger partial charge on any atom is -0.399 e. The summed E-state index contributed by atoms with van der Waals surface area (Å²) in [6.45, 7) is 7.41. The normalized spacial score (nSPS) is 12.6. The van der Waals surface area contributed by atoms with Crippen LogP contribution >= 0.6 is 0 Å². The van der Waals surface area contributed by atoms with Gasteiger partial charge in [-0.25, -0.2) is 9.67 Å². The number of aromatic nitrogens is 3. The van der Waals surface area contributed by atoms with Gasteiger partial charge in [0.2, 0.25) is 0 Å². The second-order valence-electron chi connectivity index (χ2n) is 5.40. The molecule has 1 aromatic carbocycles. The van der Waals surface area contributed by atoms with Gasteiger partial charge in [0.15, 0.2) is 5.82 Å². The van der Waals surface area contributed by atoms with E-state index in [-0.39, 0.29) is 0 Å². The van der Waals surface area contributed by atoms with E-state index >= 15 is 0 Å². The van der Waals surface area contributed by atoms with Gasteiger partial charge in [0.25, 0.3) is 0 Å². The molecule has 0 bridgehead atoms. The molecule has 0 fully saturated rings. The number of nitrogen functional groups attached to an aromatic ring is 1. The maximum absolute atomic E-state index is 5.72. The first-order valence-corrected chi connectivity index (χ1v) is 7.39. The van der Waals surface area contributed by atoms with E-state index in [1.54, 1.807) is 0 Å². The van der Waals surface area contributed by atoms with Gasteiger partial charge < -0.3 is 5.73 Å². The van der Waals surface area contributed by atoms with Gasteiger partial charge in [-0.3, -0.25) is 0 Å². The lowest BCUT2D eigenvalue weighted by Crippen LogP contribution is -2.04. The van der Waals surface area contributed by atoms with Crippen LogP contribution in [0.15, 0.2) is 24.3 Å². The minimum atomic E-state index is 0.632. The highest BCUT2D eigenvalue weighted by Gasteiger charge is 2.11. The molecule has 1 heterocycles. The van der Waals surface area contributed by atoms with E-state index in [1.807, 2.05) is 16.8 Å². The second kappa shape index (κ2) is 6.55. The van der Waals surface area contributed by atoms with Crippen molar-refractivity contribution in [3.8, 4) is 0 Å². The fraction of sp³-hybridized carbons (Fsp3) is 0.500. The molecule has 4 heteroatoms. The predicted molar refractivity (Wildman–Crippen MR) is 82.5 cm³/mol. The molecule has 1 atom stereocenters. The van der Waals surface area contributed by atoms with Gasteiger partial charge in [0.1, 0.15) is 5.82 Å². The van der Waals surface area contributed by atoms with Crippen LogP contribution in [0.5, 0.6) is 0 Å². The van der Waals surface area contributed by atoms with E-state index in [0.29, 0.717) is 5.92 Å². The van der Waals surface area contributed by atoms with Crippen molar-refractivity contribution in [1.82, 2.24) is 14.8 Å². The van der Waals surface area contributed by atoms with E-state index in [0.717, 1.165) is 43.1 Å². The Bertz CT molecular complexity index is 542. The Morgan fingerprint density at radius 1 is 1.20 bits per heavy atom. The van der Waals surface area contributed by atoms with Gasteiger partial charge in [0, 0.05) is 25.1 Å². The third kappa shape index (κ3) is 3.59. The van der Waals surface area contributed by atoms with Crippen molar-refractivity contribution in [2.75, 3.05) is 5.73 Å². The highest BCUT2D eigenvalue weighted by Crippen LogP contribution is 2.13. The number of nitrogens with zero attached hydrogens (tertiary/aromatic N) is 3. The summed E-state index contributed by atoms with van der Waals surface area (Å²) in [5.74, 6) is 2.63. The Morgan fingerprint density at radius 3 is 2.50 bits per heavy atom. The monoisotopic (exact) mass is 272 g/mol. The first-order valence-electron chi connectivity index (χ1n) is 7.39. The number of benzene rings is 1. The van der Waals surface area contributed by atoms with Crippen LogP contribution in [0, 0.1) is 5.92 Å². The minimum absolute atomic E-state index is 0.632. The quantitative estimate of drug-likeness (QED) is 0.822. The van der Waals surface area contributed by atoms with E-state index in [2.05, 4.69) is 38.0 Å². The highest BCUT2D eigenvalue weighted by molar-refractivity contribution is 5.39. The van der Waals surface area contributed by atoms with Crippen LogP contribution in [0.2, 0.25) is 0 Å². The van der Waals surface area contributed by atoms with Gasteiger partial charge in [-0.15, -0.1) is 0 Å². The third-order valence-electron chi connectivity index (χ3n) is 3.66. The standard InChI is InChI=1S/C16H24N4/c1-4-12(3)10-15-18-16(20(5-2)19-15)11-13-6-8-14(17)9-7-13/h6-9,12H,4-5,10-11,17H2,1-3H3. The van der Waals surface area contributed by atoms with E-state index in [1.165, 1.54) is 5.56 Å². The maximum atomic E-state index is 5.72. The molecule has 0 aliphatic rings. The van der Waals surface area contributed by atoms with Crippen molar-refractivity contribution < 1.29 is 0 Å². The molecule has 4 nitrogen and oxygen atoms in total. The molecule has 2 N–H and O–H groups in total. The van der Waals surface area contributed by atoms with Gasteiger partial charge in [-0.05, 0) is 30.5 Å². The summed E-state index contributed by atoms with van der Waals surface area (Å²) in [4.78, 5) is 4.71. The molecule has 2 aromatic rings. The Morgan fingerprint density at radius 2 is 1.90 bits per heavy atom. The van der Waals surface area contributed by atoms with Crippen LogP contribution in [-0.2, 0) is 19.4 Å². The van der Waals surface area contributed by atoms with Crippen molar-refractivity contribution in [2.24, 2.45) is 5.92 Å². The van der Waals surface area contributed by atoms with Gasteiger partial charge in [-0.1, -0.05) is 32.4 Å². The molecule has 0 aliphatic carbocycles. The summed E-state index contributed by atoms with van der Waals surface area (Å²) < 4.78 is 2.01. The van der Waals surface area contributed by atoms with Gasteiger partial charge >= 0.3 is 0 Å². The summed E-state index contributed by atoms with van der Waals surface area (Å²) in [7, 11) is 0. The molecule has 0 amide bonds. The molecule has 2 rings (SSSR count). The van der Waals surface area contributed by atoms with Crippen molar-refractivity contribution >= 4 is 5.69 Å². The SMILES string of the molecule is CCC(C)Cc1nc(Cc2ccc(N)cc2)n(CC)n1. The lowest BCUT2D eigenvalue weighted by molar-refractivity contribution is 0.535. The molecule has 0 aliphatic heterocycles. The molecule has 1 aromatic heterocycles. The zero-order valence-electron chi connectivity index (χ0n) is 12.6. The molecule has 0 radical (unpaired) electrons. The zero-order chi connectivity index (χ0) is 14.5. The smallest absolute Gasteiger partial charge is 0.151 e. The molecular formula is C16H24N4. The summed E-state index contributed by atoms with van der Waals surface area (Å²) >= 11 is 0. The molecular weight excluding hydrogens is 248 g/mol. The molecule has 0 saturated heterocycles. The lowest BCUT2D eigenvalue weighted by Gasteiger charge is -2.03. The molecule has 20 heavy (non-hydrogen) atoms. The lowest BCUT2D eigenvalue weighted by atomic mass is 10.1. The van der Waals surface area contributed by atoms with Crippen LogP contribution in [0.1, 0.15) is 44.4 Å².